The maximum absolute atomic E-state index is 9.04. The van der Waals surface area contributed by atoms with Gasteiger partial charge in [-0.05, 0) is 0 Å². The summed E-state index contributed by atoms with van der Waals surface area (Å²) in [5, 5.41) is 26.6. The first-order valence-corrected chi connectivity index (χ1v) is 3.49. The van der Waals surface area contributed by atoms with Crippen molar-refractivity contribution in [1.82, 2.24) is 0 Å². The van der Waals surface area contributed by atoms with Gasteiger partial charge in [-0.3, -0.25) is 0 Å². The van der Waals surface area contributed by atoms with Gasteiger partial charge >= 0.3 is 0 Å². The fourth-order valence-corrected chi connectivity index (χ4v) is 1.21. The lowest BCUT2D eigenvalue weighted by Gasteiger charge is -2.09. The Morgan fingerprint density at radius 2 is 1.90 bits per heavy atom. The van der Waals surface area contributed by atoms with Gasteiger partial charge in [-0.2, -0.15) is 0 Å². The van der Waals surface area contributed by atoms with E-state index in [0.29, 0.717) is 0 Å². The highest BCUT2D eigenvalue weighted by Crippen LogP contribution is 2.22. The predicted octanol–water partition coefficient (Wildman–Crippen LogP) is -1.64. The summed E-state index contributed by atoms with van der Waals surface area (Å²) in [5.74, 6) is 0. The highest BCUT2D eigenvalue weighted by molar-refractivity contribution is 7.80. The van der Waals surface area contributed by atoms with Crippen LogP contribution in [0, 0.1) is 0 Å². The third-order valence-corrected chi connectivity index (χ3v) is 1.94. The quantitative estimate of drug-likeness (QED) is 0.352. The van der Waals surface area contributed by atoms with Gasteiger partial charge in [0.1, 0.15) is 23.7 Å². The Kier molecular flexibility index (Phi) is 2.54. The molecule has 0 aliphatic carbocycles. The van der Waals surface area contributed by atoms with Gasteiger partial charge in [0.05, 0.1) is 6.61 Å². The molecule has 0 aromatic carbocycles. The Balaban J connectivity index is 2.53. The fourth-order valence-electron chi connectivity index (χ4n) is 0.880. The molecule has 60 valence electrons. The second-order valence-electron chi connectivity index (χ2n) is 2.23. The number of hydrogen-bond acceptors (Lipinski definition) is 5. The summed E-state index contributed by atoms with van der Waals surface area (Å²) in [7, 11) is 0. The molecule has 5 heteroatoms. The third kappa shape index (κ3) is 1.28. The molecule has 1 saturated heterocycles. The summed E-state index contributed by atoms with van der Waals surface area (Å²) in [6, 6.07) is 0. The van der Waals surface area contributed by atoms with Crippen molar-refractivity contribution >= 4 is 12.6 Å². The second-order valence-corrected chi connectivity index (χ2v) is 2.74. The minimum Gasteiger partial charge on any atom is -0.394 e. The molecule has 0 spiro atoms. The molecule has 1 aliphatic heterocycles. The first kappa shape index (κ1) is 8.29. The van der Waals surface area contributed by atoms with Gasteiger partial charge in [0.15, 0.2) is 0 Å². The second kappa shape index (κ2) is 3.06. The predicted molar refractivity (Wildman–Crippen MR) is 36.7 cm³/mol. The number of aliphatic hydroxyl groups is 3. The number of ether oxygens (including phenoxy) is 1. The molecule has 0 amide bonds. The smallest absolute Gasteiger partial charge is 0.129 e. The molecule has 0 radical (unpaired) electrons. The maximum atomic E-state index is 9.04. The van der Waals surface area contributed by atoms with E-state index in [-0.39, 0.29) is 6.61 Å². The summed E-state index contributed by atoms with van der Waals surface area (Å²) in [5.41, 5.74) is -0.688. The van der Waals surface area contributed by atoms with Crippen molar-refractivity contribution < 1.29 is 20.1 Å². The molecular weight excluding hydrogens is 156 g/mol. The summed E-state index contributed by atoms with van der Waals surface area (Å²) >= 11 is 3.82. The largest absolute Gasteiger partial charge is 0.394 e. The van der Waals surface area contributed by atoms with E-state index in [2.05, 4.69) is 12.6 Å². The lowest BCUT2D eigenvalue weighted by Crippen LogP contribution is -2.32. The fraction of sp³-hybridized carbons (Fsp3) is 1.00. The molecule has 1 rings (SSSR count). The Labute approximate surface area is 63.8 Å². The minimum atomic E-state index is -1.02. The van der Waals surface area contributed by atoms with Crippen LogP contribution in [0.5, 0.6) is 0 Å². The molecule has 0 unspecified atom stereocenters. The average Bonchev–Trinajstić information content (AvgIpc) is 2.17. The Morgan fingerprint density at radius 3 is 2.10 bits per heavy atom. The summed E-state index contributed by atoms with van der Waals surface area (Å²) in [6.45, 7) is -0.296. The van der Waals surface area contributed by atoms with Gasteiger partial charge < -0.3 is 20.1 Å². The number of hydrogen-bond donors (Lipinski definition) is 4. The van der Waals surface area contributed by atoms with Gasteiger partial charge in [-0.15, -0.1) is 12.6 Å². The molecule has 0 saturated carbocycles. The molecule has 1 fully saturated rings. The van der Waals surface area contributed by atoms with E-state index in [0.717, 1.165) is 0 Å². The summed E-state index contributed by atoms with van der Waals surface area (Å²) in [6.07, 6.45) is -2.72. The van der Waals surface area contributed by atoms with E-state index in [1.807, 2.05) is 0 Å². The first-order chi connectivity index (χ1) is 4.66. The van der Waals surface area contributed by atoms with Crippen LogP contribution >= 0.6 is 12.6 Å². The highest BCUT2D eigenvalue weighted by Gasteiger charge is 2.40. The molecule has 10 heavy (non-hydrogen) atoms. The van der Waals surface area contributed by atoms with Crippen molar-refractivity contribution in [3.63, 3.8) is 0 Å². The van der Waals surface area contributed by atoms with E-state index in [4.69, 9.17) is 20.1 Å². The Morgan fingerprint density at radius 1 is 1.30 bits per heavy atom. The molecule has 0 bridgehead atoms. The average molecular weight is 166 g/mol. The van der Waals surface area contributed by atoms with Crippen molar-refractivity contribution in [3.8, 4) is 0 Å². The lowest BCUT2D eigenvalue weighted by atomic mass is 10.2. The minimum absolute atomic E-state index is 0.296. The van der Waals surface area contributed by atoms with Crippen LogP contribution in [0.1, 0.15) is 0 Å². The van der Waals surface area contributed by atoms with Crippen molar-refractivity contribution in [1.29, 1.82) is 0 Å². The van der Waals surface area contributed by atoms with Gasteiger partial charge in [0, 0.05) is 0 Å². The lowest BCUT2D eigenvalue weighted by molar-refractivity contribution is -0.00794. The summed E-state index contributed by atoms with van der Waals surface area (Å²) < 4.78 is 4.85. The molecule has 0 aromatic rings. The van der Waals surface area contributed by atoms with Gasteiger partial charge in [-0.25, -0.2) is 0 Å². The Hall–Kier alpha value is 0.190. The monoisotopic (exact) mass is 166 g/mol. The SMILES string of the molecule is OC[C@H]1O[C@H](S)[C@H](O)[C@@H]1O. The standard InChI is InChI=1S/C5H10O4S/c6-1-2-3(7)4(8)5(10)9-2/h2-8,10H,1H2/t2-,3-,4-,5-/m1/s1. The van der Waals surface area contributed by atoms with E-state index in [9.17, 15) is 0 Å². The van der Waals surface area contributed by atoms with Crippen molar-refractivity contribution in [2.75, 3.05) is 6.61 Å². The van der Waals surface area contributed by atoms with Crippen LogP contribution in [-0.2, 0) is 4.74 Å². The number of thiol groups is 1. The van der Waals surface area contributed by atoms with Crippen molar-refractivity contribution in [2.45, 2.75) is 23.7 Å². The highest BCUT2D eigenvalue weighted by atomic mass is 32.1. The molecule has 0 aromatic heterocycles. The first-order valence-electron chi connectivity index (χ1n) is 2.97. The Bertz CT molecular complexity index is 120. The molecule has 4 nitrogen and oxygen atoms in total. The molecule has 1 aliphatic rings. The molecule has 3 N–H and O–H groups in total. The zero-order valence-corrected chi connectivity index (χ0v) is 6.11. The zero-order chi connectivity index (χ0) is 7.72. The summed E-state index contributed by atoms with van der Waals surface area (Å²) in [4.78, 5) is 0. The van der Waals surface area contributed by atoms with Crippen LogP contribution in [-0.4, -0.2) is 45.7 Å². The van der Waals surface area contributed by atoms with E-state index in [1.54, 1.807) is 0 Å². The van der Waals surface area contributed by atoms with Crippen molar-refractivity contribution in [2.24, 2.45) is 0 Å². The zero-order valence-electron chi connectivity index (χ0n) is 5.21. The molecular formula is C5H10O4S. The van der Waals surface area contributed by atoms with Gasteiger partial charge in [0.2, 0.25) is 0 Å². The molecule has 1 heterocycles. The van der Waals surface area contributed by atoms with Gasteiger partial charge in [0.25, 0.3) is 0 Å². The van der Waals surface area contributed by atoms with Crippen LogP contribution in [0.25, 0.3) is 0 Å². The van der Waals surface area contributed by atoms with Crippen LogP contribution in [0.15, 0.2) is 0 Å². The van der Waals surface area contributed by atoms with Crippen LogP contribution in [0.2, 0.25) is 0 Å². The number of aliphatic hydroxyl groups excluding tert-OH is 3. The third-order valence-electron chi connectivity index (χ3n) is 1.52. The van der Waals surface area contributed by atoms with E-state index in [1.165, 1.54) is 0 Å². The van der Waals surface area contributed by atoms with Crippen LogP contribution in [0.3, 0.4) is 0 Å². The van der Waals surface area contributed by atoms with E-state index < -0.39 is 23.7 Å². The number of rotatable bonds is 1. The van der Waals surface area contributed by atoms with Gasteiger partial charge in [-0.1, -0.05) is 0 Å². The topological polar surface area (TPSA) is 69.9 Å². The molecule has 4 atom stereocenters. The van der Waals surface area contributed by atoms with Crippen LogP contribution in [0.4, 0.5) is 0 Å². The van der Waals surface area contributed by atoms with E-state index >= 15 is 0 Å². The van der Waals surface area contributed by atoms with Crippen molar-refractivity contribution in [3.05, 3.63) is 0 Å². The normalized spacial score (nSPS) is 48.0. The van der Waals surface area contributed by atoms with Crippen LogP contribution < -0.4 is 0 Å². The maximum Gasteiger partial charge on any atom is 0.129 e.